The summed E-state index contributed by atoms with van der Waals surface area (Å²) in [5.41, 5.74) is 0.915. The van der Waals surface area contributed by atoms with Crippen LogP contribution in [-0.4, -0.2) is 14.8 Å². The van der Waals surface area contributed by atoms with Gasteiger partial charge in [-0.05, 0) is 30.2 Å². The molecule has 2 heterocycles. The summed E-state index contributed by atoms with van der Waals surface area (Å²) in [6.07, 6.45) is -1.43. The van der Waals surface area contributed by atoms with Crippen LogP contribution in [0.4, 0.5) is 13.2 Å². The van der Waals surface area contributed by atoms with Crippen LogP contribution in [0.1, 0.15) is 11.1 Å². The van der Waals surface area contributed by atoms with E-state index in [9.17, 15) is 18.0 Å². The van der Waals surface area contributed by atoms with Gasteiger partial charge < -0.3 is 4.57 Å². The fourth-order valence-corrected chi connectivity index (χ4v) is 2.44. The van der Waals surface area contributed by atoms with Crippen LogP contribution in [0.2, 0.25) is 0 Å². The van der Waals surface area contributed by atoms with E-state index in [2.05, 4.69) is 10.2 Å². The highest BCUT2D eigenvalue weighted by Gasteiger charge is 2.32. The molecule has 114 valence electrons. The van der Waals surface area contributed by atoms with Gasteiger partial charge in [-0.1, -0.05) is 0 Å². The molecule has 1 N–H and O–H groups in total. The second-order valence-electron chi connectivity index (χ2n) is 5.17. The summed E-state index contributed by atoms with van der Waals surface area (Å²) in [4.78, 5) is 11.6. The molecule has 0 aliphatic rings. The van der Waals surface area contributed by atoms with Gasteiger partial charge in [0.25, 0.3) is 5.56 Å². The topological polar surface area (TPSA) is 50.7 Å². The van der Waals surface area contributed by atoms with Gasteiger partial charge in [-0.25, -0.2) is 0 Å². The molecule has 2 aromatic heterocycles. The Morgan fingerprint density at radius 1 is 1.18 bits per heavy atom. The summed E-state index contributed by atoms with van der Waals surface area (Å²) >= 11 is 0. The number of fused-ring (bicyclic) bond motifs is 1. The van der Waals surface area contributed by atoms with Gasteiger partial charge in [-0.2, -0.15) is 18.3 Å². The van der Waals surface area contributed by atoms with Gasteiger partial charge in [-0.3, -0.25) is 9.89 Å². The molecule has 0 fully saturated rings. The number of hydrogen-bond acceptors (Lipinski definition) is 2. The first-order chi connectivity index (χ1) is 10.3. The lowest BCUT2D eigenvalue weighted by atomic mass is 9.97. The van der Waals surface area contributed by atoms with Gasteiger partial charge in [-0.15, -0.1) is 0 Å². The second kappa shape index (κ2) is 4.72. The third-order valence-electron chi connectivity index (χ3n) is 3.61. The fourth-order valence-electron chi connectivity index (χ4n) is 2.44. The third-order valence-corrected chi connectivity index (χ3v) is 3.61. The predicted octanol–water partition coefficient (Wildman–Crippen LogP) is 3.26. The molecule has 0 amide bonds. The quantitative estimate of drug-likeness (QED) is 0.750. The number of aryl methyl sites for hydroxylation is 2. The molecule has 0 radical (unpaired) electrons. The normalized spacial score (nSPS) is 12.0. The van der Waals surface area contributed by atoms with Crippen molar-refractivity contribution in [3.8, 4) is 11.1 Å². The minimum atomic E-state index is -4.46. The molecular formula is C15H12F3N3O. The number of nitrogens with one attached hydrogen (secondary N) is 1. The Hall–Kier alpha value is -2.57. The highest BCUT2D eigenvalue weighted by Crippen LogP contribution is 2.37. The van der Waals surface area contributed by atoms with E-state index in [-0.39, 0.29) is 5.56 Å². The van der Waals surface area contributed by atoms with Crippen LogP contribution < -0.4 is 5.56 Å². The molecule has 1 aromatic carbocycles. The number of aromatic amines is 1. The zero-order valence-electron chi connectivity index (χ0n) is 11.8. The van der Waals surface area contributed by atoms with E-state index in [4.69, 9.17) is 0 Å². The van der Waals surface area contributed by atoms with Crippen LogP contribution in [0.3, 0.4) is 0 Å². The Morgan fingerprint density at radius 3 is 2.59 bits per heavy atom. The van der Waals surface area contributed by atoms with E-state index in [0.29, 0.717) is 27.6 Å². The maximum Gasteiger partial charge on any atom is 0.416 e. The van der Waals surface area contributed by atoms with Crippen LogP contribution in [0, 0.1) is 6.92 Å². The number of halogens is 3. The lowest BCUT2D eigenvalue weighted by Crippen LogP contribution is -2.15. The molecule has 0 aliphatic carbocycles. The molecule has 0 saturated carbocycles. The molecule has 0 spiro atoms. The molecule has 22 heavy (non-hydrogen) atoms. The average Bonchev–Trinajstić information content (AvgIpc) is 2.89. The Labute approximate surface area is 123 Å². The molecule has 4 nitrogen and oxygen atoms in total. The van der Waals surface area contributed by atoms with Crippen molar-refractivity contribution in [1.82, 2.24) is 14.8 Å². The average molecular weight is 307 g/mol. The molecule has 0 aliphatic heterocycles. The lowest BCUT2D eigenvalue weighted by molar-refractivity contribution is -0.137. The van der Waals surface area contributed by atoms with Gasteiger partial charge in [0.15, 0.2) is 0 Å². The molecule has 7 heteroatoms. The van der Waals surface area contributed by atoms with Crippen LogP contribution >= 0.6 is 0 Å². The highest BCUT2D eigenvalue weighted by molar-refractivity contribution is 5.95. The maximum atomic E-state index is 13.1. The number of pyridine rings is 1. The number of nitrogens with zero attached hydrogens (tertiary/aromatic N) is 2. The zero-order chi connectivity index (χ0) is 16.1. The first-order valence-corrected chi connectivity index (χ1v) is 6.49. The van der Waals surface area contributed by atoms with Gasteiger partial charge >= 0.3 is 6.18 Å². The summed E-state index contributed by atoms with van der Waals surface area (Å²) in [6, 6.07) is 3.52. The van der Waals surface area contributed by atoms with Crippen molar-refractivity contribution in [2.45, 2.75) is 13.1 Å². The number of benzene rings is 1. The summed E-state index contributed by atoms with van der Waals surface area (Å²) in [5, 5.41) is 6.97. The fraction of sp³-hybridized carbons (Fsp3) is 0.200. The first-order valence-electron chi connectivity index (χ1n) is 6.49. The lowest BCUT2D eigenvalue weighted by Gasteiger charge is -2.13. The molecule has 0 saturated heterocycles. The number of H-pyrrole nitrogens is 1. The standard InChI is InChI=1S/C15H12F3N3O/c1-8-3-14(22)21(2)7-12(8)10-4-9(15(16,17)18)5-13-11(10)6-19-20-13/h3-7H,1-2H3,(H,19,20). The van der Waals surface area contributed by atoms with Crippen LogP contribution in [0.5, 0.6) is 0 Å². The SMILES string of the molecule is Cc1cc(=O)n(C)cc1-c1cc(C(F)(F)F)cc2[nH]ncc12. The summed E-state index contributed by atoms with van der Waals surface area (Å²) < 4.78 is 40.6. The molecule has 0 unspecified atom stereocenters. The minimum Gasteiger partial charge on any atom is -0.318 e. The number of alkyl halides is 3. The first kappa shape index (κ1) is 14.4. The molecule has 3 aromatic rings. The van der Waals surface area contributed by atoms with E-state index < -0.39 is 11.7 Å². The monoisotopic (exact) mass is 307 g/mol. The van der Waals surface area contributed by atoms with Gasteiger partial charge in [0.2, 0.25) is 0 Å². The highest BCUT2D eigenvalue weighted by atomic mass is 19.4. The summed E-state index contributed by atoms with van der Waals surface area (Å²) in [6.45, 7) is 1.70. The predicted molar refractivity (Wildman–Crippen MR) is 76.5 cm³/mol. The number of hydrogen-bond donors (Lipinski definition) is 1. The Morgan fingerprint density at radius 2 is 1.91 bits per heavy atom. The smallest absolute Gasteiger partial charge is 0.318 e. The largest absolute Gasteiger partial charge is 0.416 e. The van der Waals surface area contributed by atoms with Gasteiger partial charge in [0.1, 0.15) is 0 Å². The van der Waals surface area contributed by atoms with Crippen molar-refractivity contribution in [3.63, 3.8) is 0 Å². The van der Waals surface area contributed by atoms with Crippen LogP contribution in [-0.2, 0) is 13.2 Å². The van der Waals surface area contributed by atoms with E-state index in [1.165, 1.54) is 16.8 Å². The van der Waals surface area contributed by atoms with Crippen molar-refractivity contribution >= 4 is 10.9 Å². The summed E-state index contributed by atoms with van der Waals surface area (Å²) in [5.74, 6) is 0. The third kappa shape index (κ3) is 2.28. The minimum absolute atomic E-state index is 0.211. The van der Waals surface area contributed by atoms with Crippen molar-refractivity contribution in [3.05, 3.63) is 52.1 Å². The molecule has 0 atom stereocenters. The maximum absolute atomic E-state index is 13.1. The van der Waals surface area contributed by atoms with E-state index in [1.54, 1.807) is 20.2 Å². The summed E-state index contributed by atoms with van der Waals surface area (Å²) in [7, 11) is 1.56. The van der Waals surface area contributed by atoms with E-state index in [0.717, 1.165) is 12.1 Å². The van der Waals surface area contributed by atoms with E-state index >= 15 is 0 Å². The second-order valence-corrected chi connectivity index (χ2v) is 5.17. The Bertz CT molecular complexity index is 922. The Kier molecular flexibility index (Phi) is 3.09. The van der Waals surface area contributed by atoms with Crippen molar-refractivity contribution in [1.29, 1.82) is 0 Å². The zero-order valence-corrected chi connectivity index (χ0v) is 11.8. The molecule has 3 rings (SSSR count). The number of rotatable bonds is 1. The Balaban J connectivity index is 2.37. The van der Waals surface area contributed by atoms with Crippen LogP contribution in [0.25, 0.3) is 22.0 Å². The van der Waals surface area contributed by atoms with Crippen molar-refractivity contribution < 1.29 is 13.2 Å². The molecular weight excluding hydrogens is 295 g/mol. The van der Waals surface area contributed by atoms with Crippen LogP contribution in [0.15, 0.2) is 35.4 Å². The molecule has 0 bridgehead atoms. The van der Waals surface area contributed by atoms with Crippen molar-refractivity contribution in [2.24, 2.45) is 7.05 Å². The van der Waals surface area contributed by atoms with E-state index in [1.807, 2.05) is 0 Å². The van der Waals surface area contributed by atoms with Gasteiger partial charge in [0.05, 0.1) is 17.3 Å². The van der Waals surface area contributed by atoms with Crippen molar-refractivity contribution in [2.75, 3.05) is 0 Å². The number of aromatic nitrogens is 3. The van der Waals surface area contributed by atoms with Gasteiger partial charge in [0, 0.05) is 30.3 Å².